The maximum atomic E-state index is 5.77. The third kappa shape index (κ3) is 3.04. The van der Waals surface area contributed by atoms with Crippen molar-refractivity contribution in [3.8, 4) is 11.5 Å². The normalized spacial score (nSPS) is 10.2. The first-order chi connectivity index (χ1) is 8.69. The first-order valence-corrected chi connectivity index (χ1v) is 6.02. The standard InChI is InChI=1S/C16H18O2/c1-12-4-5-13(2)14(10-12)11-18-16-8-6-15(17-3)7-9-16/h4-10H,11H2,1-3H3. The maximum absolute atomic E-state index is 5.77. The van der Waals surface area contributed by atoms with Gasteiger partial charge in [-0.3, -0.25) is 0 Å². The van der Waals surface area contributed by atoms with Gasteiger partial charge in [0.2, 0.25) is 0 Å². The molecule has 0 amide bonds. The number of rotatable bonds is 4. The van der Waals surface area contributed by atoms with E-state index in [1.54, 1.807) is 7.11 Å². The zero-order chi connectivity index (χ0) is 13.0. The van der Waals surface area contributed by atoms with E-state index in [4.69, 9.17) is 9.47 Å². The second kappa shape index (κ2) is 5.58. The molecule has 94 valence electrons. The van der Waals surface area contributed by atoms with Crippen LogP contribution in [0.5, 0.6) is 11.5 Å². The van der Waals surface area contributed by atoms with Gasteiger partial charge in [0.1, 0.15) is 18.1 Å². The molecule has 0 unspecified atom stereocenters. The van der Waals surface area contributed by atoms with Crippen molar-refractivity contribution >= 4 is 0 Å². The van der Waals surface area contributed by atoms with Crippen LogP contribution < -0.4 is 9.47 Å². The highest BCUT2D eigenvalue weighted by molar-refractivity contribution is 5.33. The van der Waals surface area contributed by atoms with Gasteiger partial charge in [-0.1, -0.05) is 23.8 Å². The fourth-order valence-electron chi connectivity index (χ4n) is 1.79. The average molecular weight is 242 g/mol. The first kappa shape index (κ1) is 12.5. The van der Waals surface area contributed by atoms with Crippen LogP contribution in [0.4, 0.5) is 0 Å². The summed E-state index contributed by atoms with van der Waals surface area (Å²) in [5, 5.41) is 0. The number of aryl methyl sites for hydroxylation is 2. The van der Waals surface area contributed by atoms with E-state index >= 15 is 0 Å². The SMILES string of the molecule is COc1ccc(OCc2cc(C)ccc2C)cc1. The van der Waals surface area contributed by atoms with Gasteiger partial charge in [-0.2, -0.15) is 0 Å². The van der Waals surface area contributed by atoms with Crippen molar-refractivity contribution < 1.29 is 9.47 Å². The quantitative estimate of drug-likeness (QED) is 0.809. The highest BCUT2D eigenvalue weighted by atomic mass is 16.5. The summed E-state index contributed by atoms with van der Waals surface area (Å²) in [4.78, 5) is 0. The zero-order valence-corrected chi connectivity index (χ0v) is 11.1. The van der Waals surface area contributed by atoms with Crippen LogP contribution in [0.2, 0.25) is 0 Å². The smallest absolute Gasteiger partial charge is 0.120 e. The minimum absolute atomic E-state index is 0.597. The molecule has 2 nitrogen and oxygen atoms in total. The summed E-state index contributed by atoms with van der Waals surface area (Å²) in [5.41, 5.74) is 3.74. The number of benzene rings is 2. The average Bonchev–Trinajstić information content (AvgIpc) is 2.40. The summed E-state index contributed by atoms with van der Waals surface area (Å²) >= 11 is 0. The molecule has 0 spiro atoms. The number of hydrogen-bond acceptors (Lipinski definition) is 2. The van der Waals surface area contributed by atoms with Crippen molar-refractivity contribution in [1.29, 1.82) is 0 Å². The van der Waals surface area contributed by atoms with Gasteiger partial charge < -0.3 is 9.47 Å². The fourth-order valence-corrected chi connectivity index (χ4v) is 1.79. The Morgan fingerprint density at radius 2 is 1.56 bits per heavy atom. The summed E-state index contributed by atoms with van der Waals surface area (Å²) in [5.74, 6) is 1.70. The van der Waals surface area contributed by atoms with Gasteiger partial charge in [0.05, 0.1) is 7.11 Å². The van der Waals surface area contributed by atoms with Crippen LogP contribution in [-0.2, 0) is 6.61 Å². The van der Waals surface area contributed by atoms with E-state index in [0.717, 1.165) is 11.5 Å². The van der Waals surface area contributed by atoms with Gasteiger partial charge in [-0.25, -0.2) is 0 Å². The zero-order valence-electron chi connectivity index (χ0n) is 11.1. The minimum atomic E-state index is 0.597. The fraction of sp³-hybridized carbons (Fsp3) is 0.250. The van der Waals surface area contributed by atoms with Crippen LogP contribution in [0.15, 0.2) is 42.5 Å². The second-order valence-electron chi connectivity index (χ2n) is 4.39. The van der Waals surface area contributed by atoms with Gasteiger partial charge in [-0.15, -0.1) is 0 Å². The van der Waals surface area contributed by atoms with Gasteiger partial charge >= 0.3 is 0 Å². The molecule has 0 heterocycles. The van der Waals surface area contributed by atoms with Crippen molar-refractivity contribution in [2.75, 3.05) is 7.11 Å². The monoisotopic (exact) mass is 242 g/mol. The van der Waals surface area contributed by atoms with Crippen molar-refractivity contribution in [2.24, 2.45) is 0 Å². The molecule has 0 saturated carbocycles. The predicted molar refractivity (Wildman–Crippen MR) is 73.2 cm³/mol. The van der Waals surface area contributed by atoms with Crippen LogP contribution in [0.1, 0.15) is 16.7 Å². The van der Waals surface area contributed by atoms with Gasteiger partial charge in [0.15, 0.2) is 0 Å². The van der Waals surface area contributed by atoms with Crippen molar-refractivity contribution in [3.05, 3.63) is 59.2 Å². The molecule has 0 aliphatic rings. The molecule has 0 aromatic heterocycles. The van der Waals surface area contributed by atoms with E-state index in [1.165, 1.54) is 16.7 Å². The van der Waals surface area contributed by atoms with E-state index in [2.05, 4.69) is 32.0 Å². The Bertz CT molecular complexity index is 515. The Morgan fingerprint density at radius 3 is 2.22 bits per heavy atom. The number of methoxy groups -OCH3 is 1. The van der Waals surface area contributed by atoms with Crippen molar-refractivity contribution in [2.45, 2.75) is 20.5 Å². The molecule has 2 rings (SSSR count). The molecule has 18 heavy (non-hydrogen) atoms. The maximum Gasteiger partial charge on any atom is 0.120 e. The Kier molecular flexibility index (Phi) is 3.88. The lowest BCUT2D eigenvalue weighted by Gasteiger charge is -2.10. The van der Waals surface area contributed by atoms with Gasteiger partial charge in [-0.05, 0) is 49.2 Å². The molecule has 2 aromatic rings. The number of hydrogen-bond donors (Lipinski definition) is 0. The molecule has 0 radical (unpaired) electrons. The highest BCUT2D eigenvalue weighted by Gasteiger charge is 2.01. The summed E-state index contributed by atoms with van der Waals surface area (Å²) < 4.78 is 10.9. The Balaban J connectivity index is 2.04. The lowest BCUT2D eigenvalue weighted by atomic mass is 10.1. The third-order valence-corrected chi connectivity index (χ3v) is 2.96. The number of ether oxygens (including phenoxy) is 2. The summed E-state index contributed by atoms with van der Waals surface area (Å²) in [6.45, 7) is 4.79. The molecule has 2 heteroatoms. The van der Waals surface area contributed by atoms with Crippen molar-refractivity contribution in [3.63, 3.8) is 0 Å². The Labute approximate surface area is 108 Å². The van der Waals surface area contributed by atoms with Crippen LogP contribution >= 0.6 is 0 Å². The molecule has 0 aliphatic heterocycles. The molecule has 0 N–H and O–H groups in total. The third-order valence-electron chi connectivity index (χ3n) is 2.96. The molecule has 0 atom stereocenters. The predicted octanol–water partition coefficient (Wildman–Crippen LogP) is 3.89. The van der Waals surface area contributed by atoms with Crippen LogP contribution in [-0.4, -0.2) is 7.11 Å². The second-order valence-corrected chi connectivity index (χ2v) is 4.39. The molecule has 0 aliphatic carbocycles. The van der Waals surface area contributed by atoms with Crippen molar-refractivity contribution in [1.82, 2.24) is 0 Å². The van der Waals surface area contributed by atoms with E-state index in [-0.39, 0.29) is 0 Å². The van der Waals surface area contributed by atoms with Gasteiger partial charge in [0, 0.05) is 0 Å². The molecule has 0 bridgehead atoms. The van der Waals surface area contributed by atoms with Gasteiger partial charge in [0.25, 0.3) is 0 Å². The Hall–Kier alpha value is -1.96. The largest absolute Gasteiger partial charge is 0.497 e. The highest BCUT2D eigenvalue weighted by Crippen LogP contribution is 2.19. The molecule has 0 fully saturated rings. The lowest BCUT2D eigenvalue weighted by molar-refractivity contribution is 0.304. The van der Waals surface area contributed by atoms with Crippen LogP contribution in [0.3, 0.4) is 0 Å². The molecule has 2 aromatic carbocycles. The molecular weight excluding hydrogens is 224 g/mol. The summed E-state index contributed by atoms with van der Waals surface area (Å²) in [6, 6.07) is 14.1. The molecular formula is C16H18O2. The van der Waals surface area contributed by atoms with Crippen LogP contribution in [0.25, 0.3) is 0 Å². The topological polar surface area (TPSA) is 18.5 Å². The van der Waals surface area contributed by atoms with E-state index < -0.39 is 0 Å². The van der Waals surface area contributed by atoms with E-state index in [0.29, 0.717) is 6.61 Å². The summed E-state index contributed by atoms with van der Waals surface area (Å²) in [7, 11) is 1.66. The first-order valence-electron chi connectivity index (χ1n) is 6.02. The lowest BCUT2D eigenvalue weighted by Crippen LogP contribution is -1.98. The van der Waals surface area contributed by atoms with E-state index in [1.807, 2.05) is 24.3 Å². The minimum Gasteiger partial charge on any atom is -0.497 e. The summed E-state index contributed by atoms with van der Waals surface area (Å²) in [6.07, 6.45) is 0. The van der Waals surface area contributed by atoms with Crippen LogP contribution in [0, 0.1) is 13.8 Å². The van der Waals surface area contributed by atoms with E-state index in [9.17, 15) is 0 Å². The Morgan fingerprint density at radius 1 is 0.889 bits per heavy atom. The molecule has 0 saturated heterocycles.